The maximum atomic E-state index is 10.9. The van der Waals surface area contributed by atoms with Crippen molar-refractivity contribution in [2.24, 2.45) is 0 Å². The SMILES string of the molecule is O=S([O-])c1ccc(S)c(Sc2ccccc2)c1.[Na+]. The monoisotopic (exact) mass is 304 g/mol. The van der Waals surface area contributed by atoms with Crippen LogP contribution in [0.15, 0.2) is 68.1 Å². The van der Waals surface area contributed by atoms with Crippen molar-refractivity contribution < 1.29 is 38.3 Å². The third kappa shape index (κ3) is 4.42. The molecule has 0 saturated carbocycles. The van der Waals surface area contributed by atoms with Crippen molar-refractivity contribution in [3.63, 3.8) is 0 Å². The molecule has 0 fully saturated rings. The van der Waals surface area contributed by atoms with Gasteiger partial charge in [-0.15, -0.1) is 12.6 Å². The summed E-state index contributed by atoms with van der Waals surface area (Å²) in [5.41, 5.74) is 0. The second-order valence-electron chi connectivity index (χ2n) is 3.28. The third-order valence-corrected chi connectivity index (χ3v) is 4.34. The minimum Gasteiger partial charge on any atom is -0.768 e. The van der Waals surface area contributed by atoms with Gasteiger partial charge in [0.15, 0.2) is 0 Å². The van der Waals surface area contributed by atoms with Crippen LogP contribution in [0.25, 0.3) is 0 Å². The Balaban J connectivity index is 0.00000162. The Hall–Kier alpha value is 0.250. The molecule has 2 aromatic rings. The van der Waals surface area contributed by atoms with Crippen molar-refractivity contribution >= 4 is 35.5 Å². The predicted octanol–water partition coefficient (Wildman–Crippen LogP) is 0.369. The van der Waals surface area contributed by atoms with E-state index >= 15 is 0 Å². The van der Waals surface area contributed by atoms with Gasteiger partial charge in [0.25, 0.3) is 0 Å². The van der Waals surface area contributed by atoms with Crippen molar-refractivity contribution in [2.45, 2.75) is 19.6 Å². The second-order valence-corrected chi connectivity index (χ2v) is 5.82. The molecule has 2 rings (SSSR count). The zero-order valence-corrected chi connectivity index (χ0v) is 14.2. The molecule has 88 valence electrons. The normalized spacial score (nSPS) is 11.7. The van der Waals surface area contributed by atoms with E-state index in [1.807, 2.05) is 30.3 Å². The summed E-state index contributed by atoms with van der Waals surface area (Å²) in [6.07, 6.45) is 0. The number of hydrogen-bond donors (Lipinski definition) is 1. The van der Waals surface area contributed by atoms with Crippen LogP contribution in [0.2, 0.25) is 0 Å². The van der Waals surface area contributed by atoms with Crippen molar-refractivity contribution in [3.05, 3.63) is 48.5 Å². The first-order chi connectivity index (χ1) is 8.16. The molecule has 2 nitrogen and oxygen atoms in total. The Morgan fingerprint density at radius 1 is 1.11 bits per heavy atom. The van der Waals surface area contributed by atoms with Gasteiger partial charge >= 0.3 is 29.6 Å². The standard InChI is InChI=1S/C12H10O2S3.Na/c13-17(14)10-6-7-11(15)12(8-10)16-9-4-2-1-3-5-9;/h1-8,15H,(H,13,14);/q;+1/p-1. The topological polar surface area (TPSA) is 40.1 Å². The maximum absolute atomic E-state index is 10.9. The van der Waals surface area contributed by atoms with Gasteiger partial charge in [0, 0.05) is 19.6 Å². The summed E-state index contributed by atoms with van der Waals surface area (Å²) in [4.78, 5) is 2.94. The van der Waals surface area contributed by atoms with Gasteiger partial charge in [-0.2, -0.15) is 0 Å². The summed E-state index contributed by atoms with van der Waals surface area (Å²) < 4.78 is 21.8. The van der Waals surface area contributed by atoms with Gasteiger partial charge < -0.3 is 4.55 Å². The molecule has 0 spiro atoms. The first-order valence-electron chi connectivity index (χ1n) is 4.82. The van der Waals surface area contributed by atoms with E-state index in [1.165, 1.54) is 11.8 Å². The van der Waals surface area contributed by atoms with Crippen LogP contribution in [0.5, 0.6) is 0 Å². The molecule has 0 radical (unpaired) electrons. The summed E-state index contributed by atoms with van der Waals surface area (Å²) in [7, 11) is 0. The van der Waals surface area contributed by atoms with Crippen LogP contribution in [-0.4, -0.2) is 8.76 Å². The Kier molecular flexibility index (Phi) is 7.02. The predicted molar refractivity (Wildman–Crippen MR) is 71.4 cm³/mol. The number of benzene rings is 2. The fourth-order valence-electron chi connectivity index (χ4n) is 1.30. The van der Waals surface area contributed by atoms with Crippen LogP contribution in [0, 0.1) is 0 Å². The van der Waals surface area contributed by atoms with Gasteiger partial charge in [-0.1, -0.05) is 30.0 Å². The summed E-state index contributed by atoms with van der Waals surface area (Å²) in [5.74, 6) is 0. The summed E-state index contributed by atoms with van der Waals surface area (Å²) in [6, 6.07) is 14.6. The number of thiol groups is 1. The largest absolute Gasteiger partial charge is 1.00 e. The van der Waals surface area contributed by atoms with E-state index in [-0.39, 0.29) is 34.5 Å². The molecule has 0 bridgehead atoms. The van der Waals surface area contributed by atoms with Crippen LogP contribution in [0.1, 0.15) is 0 Å². The van der Waals surface area contributed by atoms with Crippen molar-refractivity contribution in [1.29, 1.82) is 0 Å². The molecule has 0 heterocycles. The molecule has 6 heteroatoms. The van der Waals surface area contributed by atoms with Gasteiger partial charge in [0.1, 0.15) is 0 Å². The Morgan fingerprint density at radius 3 is 2.39 bits per heavy atom. The average Bonchev–Trinajstić information content (AvgIpc) is 2.33. The number of rotatable bonds is 3. The van der Waals surface area contributed by atoms with Gasteiger partial charge in [0.2, 0.25) is 0 Å². The maximum Gasteiger partial charge on any atom is 1.00 e. The van der Waals surface area contributed by atoms with E-state index in [4.69, 9.17) is 0 Å². The molecule has 1 atom stereocenters. The first-order valence-corrected chi connectivity index (χ1v) is 7.16. The Bertz CT molecular complexity index is 546. The molecular formula is C12H9NaO2S3. The molecule has 0 aromatic heterocycles. The molecule has 1 unspecified atom stereocenters. The van der Waals surface area contributed by atoms with E-state index < -0.39 is 11.1 Å². The Morgan fingerprint density at radius 2 is 1.78 bits per heavy atom. The minimum absolute atomic E-state index is 0. The summed E-state index contributed by atoms with van der Waals surface area (Å²) >= 11 is 3.62. The smallest absolute Gasteiger partial charge is 0.768 e. The summed E-state index contributed by atoms with van der Waals surface area (Å²) in [5, 5.41) is 0. The van der Waals surface area contributed by atoms with Gasteiger partial charge in [-0.3, -0.25) is 4.21 Å². The fourth-order valence-corrected chi connectivity index (χ4v) is 2.94. The first kappa shape index (κ1) is 16.3. The fraction of sp³-hybridized carbons (Fsp3) is 0. The summed E-state index contributed by atoms with van der Waals surface area (Å²) in [6.45, 7) is 0. The molecule has 0 aliphatic rings. The zero-order chi connectivity index (χ0) is 12.3. The van der Waals surface area contributed by atoms with E-state index in [9.17, 15) is 8.76 Å². The van der Waals surface area contributed by atoms with Crippen LogP contribution in [0.4, 0.5) is 0 Å². The van der Waals surface area contributed by atoms with Crippen molar-refractivity contribution in [3.8, 4) is 0 Å². The third-order valence-electron chi connectivity index (χ3n) is 2.09. The van der Waals surface area contributed by atoms with Gasteiger partial charge in [0.05, 0.1) is 0 Å². The quantitative estimate of drug-likeness (QED) is 0.506. The van der Waals surface area contributed by atoms with Crippen LogP contribution in [-0.2, 0) is 11.1 Å². The average molecular weight is 304 g/mol. The molecule has 0 N–H and O–H groups in total. The molecule has 18 heavy (non-hydrogen) atoms. The molecular weight excluding hydrogens is 295 g/mol. The van der Waals surface area contributed by atoms with E-state index in [1.54, 1.807) is 18.2 Å². The number of hydrogen-bond acceptors (Lipinski definition) is 4. The van der Waals surface area contributed by atoms with E-state index in [2.05, 4.69) is 12.6 Å². The second kappa shape index (κ2) is 7.75. The molecule has 0 amide bonds. The van der Waals surface area contributed by atoms with Crippen molar-refractivity contribution in [1.82, 2.24) is 0 Å². The molecule has 2 aromatic carbocycles. The Labute approximate surface area is 141 Å². The molecule has 0 aliphatic heterocycles. The van der Waals surface area contributed by atoms with Crippen LogP contribution in [0.3, 0.4) is 0 Å². The zero-order valence-electron chi connectivity index (χ0n) is 9.70. The minimum atomic E-state index is -2.20. The molecule has 0 aliphatic carbocycles. The van der Waals surface area contributed by atoms with Crippen LogP contribution < -0.4 is 29.6 Å². The van der Waals surface area contributed by atoms with Gasteiger partial charge in [-0.25, -0.2) is 0 Å². The van der Waals surface area contributed by atoms with E-state index in [0.717, 1.165) is 14.7 Å². The molecule has 0 saturated heterocycles. The van der Waals surface area contributed by atoms with Crippen LogP contribution >= 0.6 is 24.4 Å². The van der Waals surface area contributed by atoms with Gasteiger partial charge in [-0.05, 0) is 41.4 Å². The van der Waals surface area contributed by atoms with E-state index in [0.29, 0.717) is 0 Å². The van der Waals surface area contributed by atoms with Crippen molar-refractivity contribution in [2.75, 3.05) is 0 Å².